The number of ether oxygens (including phenoxy) is 1. The maximum absolute atomic E-state index is 11.9. The van der Waals surface area contributed by atoms with Gasteiger partial charge in [0.05, 0.1) is 5.88 Å². The van der Waals surface area contributed by atoms with Gasteiger partial charge in [-0.25, -0.2) is 0 Å². The molecular weight excluding hydrogens is 240 g/mol. The second-order valence-electron chi connectivity index (χ2n) is 2.40. The van der Waals surface area contributed by atoms with E-state index in [-0.39, 0.29) is 22.2 Å². The number of hydrogen-bond donors (Lipinski definition) is 0. The van der Waals surface area contributed by atoms with Crippen molar-refractivity contribution in [3.05, 3.63) is 28.8 Å². The molecule has 78 valence electrons. The van der Waals surface area contributed by atoms with Crippen LogP contribution in [0.1, 0.15) is 5.56 Å². The highest BCUT2D eigenvalue weighted by atomic mass is 35.5. The third-order valence-electron chi connectivity index (χ3n) is 1.44. The Bertz CT molecular complexity index is 325. The summed E-state index contributed by atoms with van der Waals surface area (Å²) in [6.07, 6.45) is -4.73. The second-order valence-corrected chi connectivity index (χ2v) is 3.07. The molecular formula is C8H5Cl2F3O. The van der Waals surface area contributed by atoms with E-state index in [1.807, 2.05) is 0 Å². The van der Waals surface area contributed by atoms with Crippen LogP contribution in [-0.4, -0.2) is 6.36 Å². The Labute approximate surface area is 88.4 Å². The SMILES string of the molecule is FC(F)(F)Oc1cccc(Cl)c1CCl. The van der Waals surface area contributed by atoms with E-state index in [2.05, 4.69) is 4.74 Å². The Morgan fingerprint density at radius 1 is 1.29 bits per heavy atom. The van der Waals surface area contributed by atoms with Crippen molar-refractivity contribution in [2.75, 3.05) is 0 Å². The Morgan fingerprint density at radius 2 is 1.93 bits per heavy atom. The van der Waals surface area contributed by atoms with Crippen LogP contribution in [0.15, 0.2) is 18.2 Å². The van der Waals surface area contributed by atoms with Crippen LogP contribution in [0, 0.1) is 0 Å². The molecule has 0 aliphatic heterocycles. The first-order valence-electron chi connectivity index (χ1n) is 3.53. The molecule has 1 rings (SSSR count). The summed E-state index contributed by atoms with van der Waals surface area (Å²) in [5.74, 6) is -0.495. The summed E-state index contributed by atoms with van der Waals surface area (Å²) < 4.78 is 39.4. The van der Waals surface area contributed by atoms with Gasteiger partial charge in [0.15, 0.2) is 0 Å². The average molecular weight is 245 g/mol. The van der Waals surface area contributed by atoms with Crippen molar-refractivity contribution in [3.63, 3.8) is 0 Å². The summed E-state index contributed by atoms with van der Waals surface area (Å²) in [5, 5.41) is 0.154. The Hall–Kier alpha value is -0.610. The topological polar surface area (TPSA) is 9.23 Å². The number of benzene rings is 1. The van der Waals surface area contributed by atoms with Gasteiger partial charge < -0.3 is 4.74 Å². The molecule has 0 atom stereocenters. The highest BCUT2D eigenvalue weighted by Gasteiger charge is 2.32. The van der Waals surface area contributed by atoms with Gasteiger partial charge in [-0.1, -0.05) is 17.7 Å². The van der Waals surface area contributed by atoms with Crippen molar-refractivity contribution in [1.29, 1.82) is 0 Å². The van der Waals surface area contributed by atoms with Crippen molar-refractivity contribution >= 4 is 23.2 Å². The van der Waals surface area contributed by atoms with Gasteiger partial charge in [0.2, 0.25) is 0 Å². The highest BCUT2D eigenvalue weighted by Crippen LogP contribution is 2.31. The van der Waals surface area contributed by atoms with E-state index in [1.165, 1.54) is 12.1 Å². The van der Waals surface area contributed by atoms with Crippen LogP contribution in [0.3, 0.4) is 0 Å². The molecule has 0 aromatic heterocycles. The Balaban J connectivity index is 3.02. The smallest absolute Gasteiger partial charge is 0.405 e. The zero-order valence-electron chi connectivity index (χ0n) is 6.74. The zero-order valence-corrected chi connectivity index (χ0v) is 8.25. The quantitative estimate of drug-likeness (QED) is 0.716. The minimum atomic E-state index is -4.73. The van der Waals surface area contributed by atoms with Crippen LogP contribution in [-0.2, 0) is 5.88 Å². The molecule has 0 unspecified atom stereocenters. The maximum Gasteiger partial charge on any atom is 0.573 e. The lowest BCUT2D eigenvalue weighted by Gasteiger charge is -2.12. The molecule has 0 fully saturated rings. The molecule has 14 heavy (non-hydrogen) atoms. The summed E-state index contributed by atoms with van der Waals surface area (Å²) >= 11 is 11.1. The van der Waals surface area contributed by atoms with Crippen molar-refractivity contribution in [2.24, 2.45) is 0 Å². The standard InChI is InChI=1S/C8H5Cl2F3O/c9-4-5-6(10)2-1-3-7(5)14-8(11,12)13/h1-3H,4H2. The predicted octanol–water partition coefficient (Wildman–Crippen LogP) is 3.98. The van der Waals surface area contributed by atoms with Crippen LogP contribution in [0.25, 0.3) is 0 Å². The summed E-state index contributed by atoms with van der Waals surface area (Å²) in [6, 6.07) is 3.97. The molecule has 0 spiro atoms. The van der Waals surface area contributed by atoms with Gasteiger partial charge in [-0.2, -0.15) is 0 Å². The zero-order chi connectivity index (χ0) is 10.8. The van der Waals surface area contributed by atoms with E-state index in [1.54, 1.807) is 0 Å². The lowest BCUT2D eigenvalue weighted by molar-refractivity contribution is -0.274. The van der Waals surface area contributed by atoms with Gasteiger partial charge in [0.25, 0.3) is 0 Å². The third kappa shape index (κ3) is 2.96. The molecule has 1 aromatic carbocycles. The largest absolute Gasteiger partial charge is 0.573 e. The van der Waals surface area contributed by atoms with Crippen molar-refractivity contribution in [2.45, 2.75) is 12.2 Å². The van der Waals surface area contributed by atoms with Crippen LogP contribution < -0.4 is 4.74 Å². The molecule has 1 aromatic rings. The van der Waals surface area contributed by atoms with Crippen molar-refractivity contribution < 1.29 is 17.9 Å². The molecule has 0 bridgehead atoms. The van der Waals surface area contributed by atoms with Crippen molar-refractivity contribution in [3.8, 4) is 5.75 Å². The molecule has 6 heteroatoms. The number of hydrogen-bond acceptors (Lipinski definition) is 1. The Kier molecular flexibility index (Phi) is 3.50. The molecule has 0 radical (unpaired) electrons. The monoisotopic (exact) mass is 244 g/mol. The lowest BCUT2D eigenvalue weighted by Crippen LogP contribution is -2.18. The molecule has 0 saturated carbocycles. The van der Waals surface area contributed by atoms with Gasteiger partial charge in [-0.3, -0.25) is 0 Å². The van der Waals surface area contributed by atoms with E-state index in [4.69, 9.17) is 23.2 Å². The number of halogens is 5. The van der Waals surface area contributed by atoms with Crippen LogP contribution in [0.4, 0.5) is 13.2 Å². The van der Waals surface area contributed by atoms with Crippen LogP contribution >= 0.6 is 23.2 Å². The van der Waals surface area contributed by atoms with E-state index >= 15 is 0 Å². The summed E-state index contributed by atoms with van der Waals surface area (Å²) in [5.41, 5.74) is 0.133. The summed E-state index contributed by atoms with van der Waals surface area (Å²) in [7, 11) is 0. The van der Waals surface area contributed by atoms with E-state index in [0.717, 1.165) is 6.07 Å². The van der Waals surface area contributed by atoms with Gasteiger partial charge in [0.1, 0.15) is 5.75 Å². The normalized spacial score (nSPS) is 11.5. The highest BCUT2D eigenvalue weighted by molar-refractivity contribution is 6.32. The molecule has 0 aliphatic carbocycles. The van der Waals surface area contributed by atoms with Crippen LogP contribution in [0.2, 0.25) is 5.02 Å². The van der Waals surface area contributed by atoms with Gasteiger partial charge in [-0.05, 0) is 12.1 Å². The first kappa shape index (κ1) is 11.5. The average Bonchev–Trinajstić information content (AvgIpc) is 2.01. The molecule has 0 N–H and O–H groups in total. The van der Waals surface area contributed by atoms with Crippen molar-refractivity contribution in [1.82, 2.24) is 0 Å². The number of alkyl halides is 4. The molecule has 0 aliphatic rings. The summed E-state index contributed by atoms with van der Waals surface area (Å²) in [4.78, 5) is 0. The van der Waals surface area contributed by atoms with Crippen LogP contribution in [0.5, 0.6) is 5.75 Å². The second kappa shape index (κ2) is 4.28. The lowest BCUT2D eigenvalue weighted by atomic mass is 10.2. The minimum absolute atomic E-state index is 0.133. The predicted molar refractivity (Wildman–Crippen MR) is 47.7 cm³/mol. The fraction of sp³-hybridized carbons (Fsp3) is 0.250. The first-order chi connectivity index (χ1) is 6.44. The van der Waals surface area contributed by atoms with Gasteiger partial charge in [0, 0.05) is 10.6 Å². The number of rotatable bonds is 2. The fourth-order valence-electron chi connectivity index (χ4n) is 0.889. The summed E-state index contributed by atoms with van der Waals surface area (Å²) in [6.45, 7) is 0. The van der Waals surface area contributed by atoms with E-state index in [0.29, 0.717) is 0 Å². The maximum atomic E-state index is 11.9. The van der Waals surface area contributed by atoms with Gasteiger partial charge in [-0.15, -0.1) is 24.8 Å². The first-order valence-corrected chi connectivity index (χ1v) is 4.44. The molecule has 0 saturated heterocycles. The van der Waals surface area contributed by atoms with Gasteiger partial charge >= 0.3 is 6.36 Å². The molecule has 1 nitrogen and oxygen atoms in total. The van der Waals surface area contributed by atoms with E-state index < -0.39 is 6.36 Å². The van der Waals surface area contributed by atoms with E-state index in [9.17, 15) is 13.2 Å². The molecule has 0 heterocycles. The molecule has 0 amide bonds. The Morgan fingerprint density at radius 3 is 2.43 bits per heavy atom. The minimum Gasteiger partial charge on any atom is -0.405 e. The third-order valence-corrected chi connectivity index (χ3v) is 2.06. The fourth-order valence-corrected chi connectivity index (χ4v) is 1.47.